The second-order valence-corrected chi connectivity index (χ2v) is 13.7. The van der Waals surface area contributed by atoms with Crippen molar-refractivity contribution in [1.82, 2.24) is 9.13 Å². The molecule has 2 aromatic heterocycles. The van der Waals surface area contributed by atoms with Crippen molar-refractivity contribution in [2.75, 3.05) is 13.2 Å². The van der Waals surface area contributed by atoms with Crippen LogP contribution < -0.4 is 10.9 Å². The Balaban J connectivity index is 1.24. The molecule has 6 nitrogen and oxygen atoms in total. The summed E-state index contributed by atoms with van der Waals surface area (Å²) in [7, 11) is 5.76. The fourth-order valence-corrected chi connectivity index (χ4v) is 7.83. The summed E-state index contributed by atoms with van der Waals surface area (Å²) in [5.41, 5.74) is 9.80. The molecule has 0 amide bonds. The molecule has 54 heavy (non-hydrogen) atoms. The number of nitrogens with zero attached hydrogens (tertiary/aromatic N) is 2. The highest BCUT2D eigenvalue weighted by Crippen LogP contribution is 2.40. The molecule has 7 aromatic carbocycles. The van der Waals surface area contributed by atoms with Crippen molar-refractivity contribution in [1.29, 1.82) is 0 Å². The van der Waals surface area contributed by atoms with Gasteiger partial charge in [-0.2, -0.15) is 0 Å². The average Bonchev–Trinajstić information content (AvgIpc) is 3.96. The van der Waals surface area contributed by atoms with Crippen molar-refractivity contribution >= 4 is 81.1 Å². The molecule has 3 heterocycles. The minimum Gasteiger partial charge on any atom is -0.405 e. The van der Waals surface area contributed by atoms with Crippen molar-refractivity contribution in [2.24, 2.45) is 0 Å². The number of benzene rings is 7. The molecule has 0 atom stereocenters. The van der Waals surface area contributed by atoms with Gasteiger partial charge in [0.1, 0.15) is 7.85 Å². The molecule has 0 saturated carbocycles. The molecular formula is C46H30B2N2O4. The van der Waals surface area contributed by atoms with Crippen LogP contribution in [-0.4, -0.2) is 48.9 Å². The van der Waals surface area contributed by atoms with Crippen LogP contribution in [-0.2, 0) is 9.31 Å². The summed E-state index contributed by atoms with van der Waals surface area (Å²) in [5.74, 6) is -0.0705. The van der Waals surface area contributed by atoms with Gasteiger partial charge in [0, 0.05) is 55.2 Å². The Morgan fingerprint density at radius 1 is 0.463 bits per heavy atom. The molecule has 1 aliphatic rings. The first-order chi connectivity index (χ1) is 26.5. The van der Waals surface area contributed by atoms with E-state index in [2.05, 4.69) is 39.5 Å². The molecule has 1 saturated heterocycles. The minimum absolute atomic E-state index is 0.0352. The summed E-state index contributed by atoms with van der Waals surface area (Å²) in [6.07, 6.45) is 0. The van der Waals surface area contributed by atoms with E-state index < -0.39 is 0 Å². The van der Waals surface area contributed by atoms with Crippen molar-refractivity contribution in [3.8, 4) is 11.4 Å². The van der Waals surface area contributed by atoms with Crippen LogP contribution in [0.15, 0.2) is 158 Å². The van der Waals surface area contributed by atoms with E-state index in [1.54, 1.807) is 0 Å². The van der Waals surface area contributed by atoms with Gasteiger partial charge in [-0.1, -0.05) is 115 Å². The van der Waals surface area contributed by atoms with Gasteiger partial charge in [-0.3, -0.25) is 9.59 Å². The smallest absolute Gasteiger partial charge is 0.405 e. The fraction of sp³-hybridized carbons (Fsp3) is 0.0435. The first-order valence-electron chi connectivity index (χ1n) is 18.0. The van der Waals surface area contributed by atoms with Crippen molar-refractivity contribution in [2.45, 2.75) is 0 Å². The highest BCUT2D eigenvalue weighted by atomic mass is 16.6. The highest BCUT2D eigenvalue weighted by molar-refractivity contribution is 6.61. The largest absolute Gasteiger partial charge is 0.494 e. The molecule has 1 fully saturated rings. The number of carbonyl (C=O) groups is 2. The van der Waals surface area contributed by atoms with Crippen molar-refractivity contribution in [3.63, 3.8) is 0 Å². The lowest BCUT2D eigenvalue weighted by atomic mass is 9.79. The summed E-state index contributed by atoms with van der Waals surface area (Å²) >= 11 is 0. The topological polar surface area (TPSA) is 62.5 Å². The number of rotatable bonds is 7. The Hall–Kier alpha value is -6.47. The number of hydrogen-bond donors (Lipinski definition) is 0. The maximum Gasteiger partial charge on any atom is 0.494 e. The van der Waals surface area contributed by atoms with E-state index in [0.29, 0.717) is 40.9 Å². The SMILES string of the molecule is [B]c1ccc(-n2c3cc(C(=O)c4ccccc4)ccc3c3cc4c(cc32)c2ccc(C(=O)c3ccccc3)cc2n4-c2ccc(B3OCCO3)cc2)cc1. The Morgan fingerprint density at radius 3 is 1.35 bits per heavy atom. The van der Waals surface area contributed by atoms with Gasteiger partial charge in [-0.15, -0.1) is 0 Å². The van der Waals surface area contributed by atoms with Crippen LogP contribution in [0, 0.1) is 0 Å². The molecule has 254 valence electrons. The summed E-state index contributed by atoms with van der Waals surface area (Å²) in [6.45, 7) is 1.14. The maximum absolute atomic E-state index is 13.8. The standard InChI is InChI=1S/C46H30B2N2O4/c47-33-13-17-35(18-14-33)49-41-25-31(45(51)29-7-3-1-4-8-29)11-21-37(41)39-28-44-40(27-43(39)49)38-22-12-32(46(52)30-9-5-2-6-10-30)26-42(38)50(44)36-19-15-34(16-20-36)48-53-23-24-54-48/h1-22,25-28H,23-24H2. The third kappa shape index (κ3) is 5.30. The average molecular weight is 696 g/mol. The molecular weight excluding hydrogens is 666 g/mol. The molecule has 2 radical (unpaired) electrons. The van der Waals surface area contributed by atoms with Crippen LogP contribution in [0.25, 0.3) is 55.0 Å². The molecule has 9 aromatic rings. The molecule has 0 aliphatic carbocycles. The van der Waals surface area contributed by atoms with Gasteiger partial charge < -0.3 is 18.4 Å². The highest BCUT2D eigenvalue weighted by Gasteiger charge is 2.26. The molecule has 8 heteroatoms. The van der Waals surface area contributed by atoms with Gasteiger partial charge in [0.2, 0.25) is 0 Å². The van der Waals surface area contributed by atoms with E-state index in [4.69, 9.17) is 17.2 Å². The zero-order chi connectivity index (χ0) is 36.3. The van der Waals surface area contributed by atoms with Crippen LogP contribution >= 0.6 is 0 Å². The van der Waals surface area contributed by atoms with Crippen LogP contribution in [0.2, 0.25) is 0 Å². The number of hydrogen-bond acceptors (Lipinski definition) is 4. The number of ketones is 2. The Labute approximate surface area is 312 Å². The molecule has 0 N–H and O–H groups in total. The lowest BCUT2D eigenvalue weighted by Crippen LogP contribution is -2.31. The van der Waals surface area contributed by atoms with Gasteiger partial charge in [-0.05, 0) is 54.0 Å². The summed E-state index contributed by atoms with van der Waals surface area (Å²) < 4.78 is 16.0. The predicted molar refractivity (Wildman–Crippen MR) is 218 cm³/mol. The lowest BCUT2D eigenvalue weighted by Gasteiger charge is -2.11. The number of fused-ring (bicyclic) bond motifs is 6. The van der Waals surface area contributed by atoms with E-state index in [1.807, 2.05) is 127 Å². The third-order valence-electron chi connectivity index (χ3n) is 10.4. The van der Waals surface area contributed by atoms with Crippen LogP contribution in [0.1, 0.15) is 31.8 Å². The van der Waals surface area contributed by atoms with Gasteiger partial charge >= 0.3 is 7.12 Å². The third-order valence-corrected chi connectivity index (χ3v) is 10.4. The quantitative estimate of drug-likeness (QED) is 0.126. The zero-order valence-electron chi connectivity index (χ0n) is 29.1. The van der Waals surface area contributed by atoms with Crippen molar-refractivity contribution in [3.05, 3.63) is 180 Å². The maximum atomic E-state index is 13.8. The Morgan fingerprint density at radius 2 is 0.889 bits per heavy atom. The first kappa shape index (κ1) is 32.2. The fourth-order valence-electron chi connectivity index (χ4n) is 7.83. The molecule has 0 bridgehead atoms. The van der Waals surface area contributed by atoms with Gasteiger partial charge in [0.05, 0.1) is 35.3 Å². The van der Waals surface area contributed by atoms with E-state index >= 15 is 0 Å². The van der Waals surface area contributed by atoms with Gasteiger partial charge in [-0.25, -0.2) is 0 Å². The first-order valence-corrected chi connectivity index (χ1v) is 18.0. The van der Waals surface area contributed by atoms with Gasteiger partial charge in [0.15, 0.2) is 11.6 Å². The molecule has 0 unspecified atom stereocenters. The lowest BCUT2D eigenvalue weighted by molar-refractivity contribution is 0.103. The Kier molecular flexibility index (Phi) is 7.68. The van der Waals surface area contributed by atoms with Crippen LogP contribution in [0.5, 0.6) is 0 Å². The second-order valence-electron chi connectivity index (χ2n) is 13.7. The monoisotopic (exact) mass is 696 g/mol. The van der Waals surface area contributed by atoms with E-state index in [1.165, 1.54) is 0 Å². The molecule has 10 rings (SSSR count). The molecule has 0 spiro atoms. The Bertz CT molecular complexity index is 2910. The summed E-state index contributed by atoms with van der Waals surface area (Å²) in [6, 6.07) is 51.2. The van der Waals surface area contributed by atoms with Crippen LogP contribution in [0.3, 0.4) is 0 Å². The van der Waals surface area contributed by atoms with E-state index in [-0.39, 0.29) is 18.7 Å². The second kappa shape index (κ2) is 12.9. The van der Waals surface area contributed by atoms with E-state index in [9.17, 15) is 9.59 Å². The summed E-state index contributed by atoms with van der Waals surface area (Å²) in [5, 5.41) is 4.08. The summed E-state index contributed by atoms with van der Waals surface area (Å²) in [4.78, 5) is 27.5. The van der Waals surface area contributed by atoms with Crippen LogP contribution in [0.4, 0.5) is 0 Å². The van der Waals surface area contributed by atoms with E-state index in [0.717, 1.165) is 60.4 Å². The van der Waals surface area contributed by atoms with Crippen molar-refractivity contribution < 1.29 is 18.9 Å². The number of carbonyl (C=O) groups excluding carboxylic acids is 2. The normalized spacial score (nSPS) is 13.1. The number of aromatic nitrogens is 2. The molecule has 1 aliphatic heterocycles. The predicted octanol–water partition coefficient (Wildman–Crippen LogP) is 7.88. The minimum atomic E-state index is -0.384. The zero-order valence-corrected chi connectivity index (χ0v) is 29.1. The van der Waals surface area contributed by atoms with Gasteiger partial charge in [0.25, 0.3) is 0 Å².